The summed E-state index contributed by atoms with van der Waals surface area (Å²) in [6.45, 7) is 2.07. The van der Waals surface area contributed by atoms with Gasteiger partial charge in [-0.2, -0.15) is 0 Å². The van der Waals surface area contributed by atoms with Crippen LogP contribution in [0.15, 0.2) is 30.0 Å². The van der Waals surface area contributed by atoms with Crippen LogP contribution in [0.25, 0.3) is 22.2 Å². The number of halogens is 1. The van der Waals surface area contributed by atoms with Gasteiger partial charge in [0.2, 0.25) is 0 Å². The maximum atomic E-state index is 14.8. The maximum Gasteiger partial charge on any atom is 0.472 e. The van der Waals surface area contributed by atoms with E-state index in [0.717, 1.165) is 17.1 Å². The summed E-state index contributed by atoms with van der Waals surface area (Å²) in [6, 6.07) is 0. The lowest BCUT2D eigenvalue weighted by Gasteiger charge is -2.26. The summed E-state index contributed by atoms with van der Waals surface area (Å²) in [4.78, 5) is 52.5. The van der Waals surface area contributed by atoms with Gasteiger partial charge in [-0.05, 0) is 0 Å². The van der Waals surface area contributed by atoms with E-state index < -0.39 is 88.9 Å². The highest BCUT2D eigenvalue weighted by Crippen LogP contribution is 2.55. The highest BCUT2D eigenvalue weighted by Gasteiger charge is 2.52. The second kappa shape index (κ2) is 11.0. The Morgan fingerprint density at radius 1 is 0.933 bits per heavy atom. The molecule has 19 nitrogen and oxygen atoms in total. The van der Waals surface area contributed by atoms with Crippen LogP contribution in [-0.4, -0.2) is 81.5 Å². The molecule has 22 heteroatoms. The smallest absolute Gasteiger partial charge is 0.382 e. The van der Waals surface area contributed by atoms with Crippen LogP contribution in [0.2, 0.25) is 0 Å². The molecule has 0 aliphatic carbocycles. The maximum absolute atomic E-state index is 14.8. The Balaban J connectivity index is 1.21. The molecule has 0 spiro atoms. The summed E-state index contributed by atoms with van der Waals surface area (Å²) >= 11 is 0. The second-order valence-electron chi connectivity index (χ2n) is 10.9. The van der Waals surface area contributed by atoms with Crippen LogP contribution in [0.5, 0.6) is 0 Å². The molecule has 0 amide bonds. The number of nitrogen functional groups attached to an aromatic ring is 1. The molecular formula is C23H27FN8O11P2. The zero-order chi connectivity index (χ0) is 31.8. The van der Waals surface area contributed by atoms with E-state index in [1.165, 1.54) is 17.2 Å². The molecule has 4 aromatic rings. The Hall–Kier alpha value is -3.16. The van der Waals surface area contributed by atoms with Gasteiger partial charge in [-0.3, -0.25) is 27.5 Å². The fraction of sp³-hybridized carbons (Fsp3) is 0.522. The molecule has 3 aliphatic heterocycles. The highest BCUT2D eigenvalue weighted by atomic mass is 31.2. The van der Waals surface area contributed by atoms with Crippen molar-refractivity contribution in [3.05, 3.63) is 41.3 Å². The molecule has 7 rings (SSSR count). The summed E-state index contributed by atoms with van der Waals surface area (Å²) in [5.41, 5.74) is 5.63. The molecule has 10 atom stereocenters. The Bertz CT molecular complexity index is 1940. The summed E-state index contributed by atoms with van der Waals surface area (Å²) < 4.78 is 78.0. The second-order valence-corrected chi connectivity index (χ2v) is 13.7. The molecule has 0 radical (unpaired) electrons. The van der Waals surface area contributed by atoms with Crippen LogP contribution in [-0.2, 0) is 36.7 Å². The van der Waals surface area contributed by atoms with Crippen molar-refractivity contribution in [2.45, 2.75) is 50.7 Å². The number of nitrogens with zero attached hydrogens (tertiary/aromatic N) is 6. The minimum Gasteiger partial charge on any atom is -0.382 e. The molecule has 7 heterocycles. The molecule has 3 saturated heterocycles. The number of aromatic nitrogens is 7. The van der Waals surface area contributed by atoms with Crippen molar-refractivity contribution in [1.82, 2.24) is 34.1 Å². The highest BCUT2D eigenvalue weighted by molar-refractivity contribution is 7.47. The molecule has 2 unspecified atom stereocenters. The third kappa shape index (κ3) is 5.30. The third-order valence-corrected chi connectivity index (χ3v) is 10.1. The number of anilines is 1. The molecule has 242 valence electrons. The van der Waals surface area contributed by atoms with E-state index in [4.69, 9.17) is 33.3 Å². The van der Waals surface area contributed by atoms with E-state index in [1.807, 2.05) is 0 Å². The SMILES string of the molecule is C[C@@H]1[C@@H]2OP(=O)(O)OC[C@H]3O[C@@H](n4cc(F)c5c(=O)[nH]cnc54)[C@H](OP(=O)(O)OC[C@H]2O[C@H]1n1cnc2c(N)ncnc21)[C@@H]3C. The van der Waals surface area contributed by atoms with E-state index in [2.05, 4.69) is 24.9 Å². The van der Waals surface area contributed by atoms with Gasteiger partial charge in [0.25, 0.3) is 5.56 Å². The monoisotopic (exact) mass is 672 g/mol. The molecule has 0 saturated carbocycles. The molecule has 45 heavy (non-hydrogen) atoms. The van der Waals surface area contributed by atoms with Crippen molar-refractivity contribution in [2.75, 3.05) is 18.9 Å². The minimum absolute atomic E-state index is 0.126. The Kier molecular flexibility index (Phi) is 7.44. The van der Waals surface area contributed by atoms with Crippen molar-refractivity contribution in [3.8, 4) is 0 Å². The first kappa shape index (κ1) is 30.5. The number of rotatable bonds is 2. The fourth-order valence-electron chi connectivity index (χ4n) is 5.92. The van der Waals surface area contributed by atoms with Crippen LogP contribution in [0.3, 0.4) is 0 Å². The lowest BCUT2D eigenvalue weighted by atomic mass is 10.0. The Morgan fingerprint density at radius 3 is 2.38 bits per heavy atom. The van der Waals surface area contributed by atoms with Gasteiger partial charge in [-0.15, -0.1) is 0 Å². The molecule has 3 fully saturated rings. The summed E-state index contributed by atoms with van der Waals surface area (Å²) in [7, 11) is -9.75. The number of phosphoric acid groups is 2. The van der Waals surface area contributed by atoms with Crippen LogP contribution >= 0.6 is 15.6 Å². The van der Waals surface area contributed by atoms with Crippen molar-refractivity contribution in [1.29, 1.82) is 0 Å². The average molecular weight is 672 g/mol. The number of fused-ring (bicyclic) bond motifs is 5. The fourth-order valence-corrected chi connectivity index (χ4v) is 7.95. The molecule has 4 aromatic heterocycles. The number of hydrogen-bond acceptors (Lipinski definition) is 14. The quantitative estimate of drug-likeness (QED) is 0.219. The van der Waals surface area contributed by atoms with Gasteiger partial charge in [0.15, 0.2) is 29.2 Å². The van der Waals surface area contributed by atoms with Gasteiger partial charge >= 0.3 is 15.6 Å². The summed E-state index contributed by atoms with van der Waals surface area (Å²) in [5, 5.41) is -0.369. The van der Waals surface area contributed by atoms with E-state index in [1.54, 1.807) is 13.8 Å². The lowest BCUT2D eigenvalue weighted by molar-refractivity contribution is -0.0668. The summed E-state index contributed by atoms with van der Waals surface area (Å²) in [5.74, 6) is -2.26. The average Bonchev–Trinajstić information content (AvgIpc) is 3.71. The van der Waals surface area contributed by atoms with Crippen LogP contribution in [0, 0.1) is 17.7 Å². The number of aromatic amines is 1. The normalized spacial score (nSPS) is 37.7. The topological polar surface area (TPSA) is 250 Å². The Morgan fingerprint density at radius 2 is 1.62 bits per heavy atom. The molecule has 3 aliphatic rings. The standard InChI is InChI=1S/C23H27FN8O11P2/c1-9-12-4-38-44(34,35)42-16-10(2)22(32-8-30-15-18(25)26-6-28-20(15)32)41-13(16)5-39-45(36,37)43-17(9)23(40-12)31-3-11(24)14-19(31)27-7-29-21(14)33/h3,6-10,12-13,16-17,22-23H,4-5H2,1-2H3,(H,34,35)(H,36,37)(H2,25,26,28)(H,27,29,33)/t9-,10-,12-,13-,16+,17-,22-,23-/m1/s1. The third-order valence-electron chi connectivity index (χ3n) is 8.17. The van der Waals surface area contributed by atoms with Crippen LogP contribution in [0.1, 0.15) is 26.3 Å². The zero-order valence-electron chi connectivity index (χ0n) is 23.4. The number of nitrogens with one attached hydrogen (secondary N) is 1. The lowest BCUT2D eigenvalue weighted by Crippen LogP contribution is -2.32. The molecule has 2 bridgehead atoms. The Labute approximate surface area is 251 Å². The largest absolute Gasteiger partial charge is 0.472 e. The number of hydrogen-bond donors (Lipinski definition) is 4. The van der Waals surface area contributed by atoms with Gasteiger partial charge in [0, 0.05) is 18.0 Å². The molecule has 5 N–H and O–H groups in total. The summed E-state index contributed by atoms with van der Waals surface area (Å²) in [6.07, 6.45) is -2.31. The first-order valence-electron chi connectivity index (χ1n) is 13.6. The number of ether oxygens (including phenoxy) is 2. The van der Waals surface area contributed by atoms with E-state index >= 15 is 0 Å². The van der Waals surface area contributed by atoms with Crippen molar-refractivity contribution in [2.24, 2.45) is 11.8 Å². The minimum atomic E-state index is -4.92. The van der Waals surface area contributed by atoms with E-state index in [0.29, 0.717) is 11.2 Å². The first-order valence-corrected chi connectivity index (χ1v) is 16.6. The zero-order valence-corrected chi connectivity index (χ0v) is 25.2. The first-order chi connectivity index (χ1) is 21.3. The predicted octanol–water partition coefficient (Wildman–Crippen LogP) is 1.37. The number of imidazole rings is 1. The van der Waals surface area contributed by atoms with Crippen LogP contribution in [0.4, 0.5) is 10.2 Å². The molecular weight excluding hydrogens is 645 g/mol. The van der Waals surface area contributed by atoms with Crippen molar-refractivity contribution < 1.29 is 50.9 Å². The molecule has 0 aromatic carbocycles. The predicted molar refractivity (Wildman–Crippen MR) is 147 cm³/mol. The van der Waals surface area contributed by atoms with Gasteiger partial charge in [0.1, 0.15) is 41.8 Å². The van der Waals surface area contributed by atoms with Gasteiger partial charge in [-0.25, -0.2) is 33.5 Å². The van der Waals surface area contributed by atoms with Gasteiger partial charge in [-0.1, -0.05) is 13.8 Å². The van der Waals surface area contributed by atoms with Crippen molar-refractivity contribution >= 4 is 43.7 Å². The number of nitrogens with two attached hydrogens (primary N) is 1. The van der Waals surface area contributed by atoms with Crippen molar-refractivity contribution in [3.63, 3.8) is 0 Å². The van der Waals surface area contributed by atoms with Gasteiger partial charge < -0.3 is 34.5 Å². The van der Waals surface area contributed by atoms with E-state index in [-0.39, 0.29) is 16.9 Å². The number of H-pyrrole nitrogens is 1. The van der Waals surface area contributed by atoms with E-state index in [9.17, 15) is 28.1 Å². The van der Waals surface area contributed by atoms with Gasteiger partial charge in [0.05, 0.1) is 32.0 Å². The van der Waals surface area contributed by atoms with Crippen LogP contribution < -0.4 is 11.3 Å². The number of phosphoric ester groups is 2.